The van der Waals surface area contributed by atoms with Crippen LogP contribution in [0.25, 0.3) is 0 Å². The lowest BCUT2D eigenvalue weighted by Gasteiger charge is -2.28. The summed E-state index contributed by atoms with van der Waals surface area (Å²) in [4.78, 5) is 14.7. The lowest BCUT2D eigenvalue weighted by atomic mass is 10.1. The Morgan fingerprint density at radius 3 is 2.07 bits per heavy atom. The second-order valence-corrected chi connectivity index (χ2v) is 9.27. The molecular weight excluding hydrogens is 396 g/mol. The monoisotopic (exact) mass is 422 g/mol. The molecule has 30 heavy (non-hydrogen) atoms. The lowest BCUT2D eigenvalue weighted by Crippen LogP contribution is -2.42. The van der Waals surface area contributed by atoms with Crippen molar-refractivity contribution in [3.8, 4) is 0 Å². The van der Waals surface area contributed by atoms with Crippen LogP contribution in [-0.4, -0.2) is 27.9 Å². The smallest absolute Gasteiger partial charge is 0.264 e. The first-order valence-corrected chi connectivity index (χ1v) is 11.1. The van der Waals surface area contributed by atoms with Crippen LogP contribution in [0.4, 0.5) is 11.4 Å². The van der Waals surface area contributed by atoms with E-state index >= 15 is 0 Å². The van der Waals surface area contributed by atoms with E-state index in [4.69, 9.17) is 0 Å². The van der Waals surface area contributed by atoms with Crippen molar-refractivity contribution in [3.05, 3.63) is 89.5 Å². The zero-order chi connectivity index (χ0) is 21.9. The molecule has 0 aliphatic carbocycles. The molecule has 3 aromatic rings. The SMILES string of the molecule is Cc1ccc(S(=O)(=O)N(CC(=O)N(C)c2ccccc2)c2cc(C)ccc2C)cc1. The van der Waals surface area contributed by atoms with Crippen molar-refractivity contribution in [1.29, 1.82) is 0 Å². The standard InChI is InChI=1S/C24H26N2O3S/c1-18-11-14-22(15-12-18)30(28,29)26(23-16-19(2)10-13-20(23)3)17-24(27)25(4)21-8-6-5-7-9-21/h5-16H,17H2,1-4H3. The third kappa shape index (κ3) is 4.54. The number of para-hydroxylation sites is 1. The van der Waals surface area contributed by atoms with Crippen LogP contribution < -0.4 is 9.21 Å². The van der Waals surface area contributed by atoms with Crippen LogP contribution in [0.5, 0.6) is 0 Å². The Morgan fingerprint density at radius 2 is 1.43 bits per heavy atom. The van der Waals surface area contributed by atoms with Crippen molar-refractivity contribution in [2.45, 2.75) is 25.7 Å². The molecule has 0 fully saturated rings. The largest absolute Gasteiger partial charge is 0.314 e. The number of rotatable bonds is 6. The van der Waals surface area contributed by atoms with Gasteiger partial charge in [0.15, 0.2) is 0 Å². The first kappa shape index (κ1) is 21.6. The average molecular weight is 423 g/mol. The molecule has 3 aromatic carbocycles. The van der Waals surface area contributed by atoms with E-state index in [0.717, 1.165) is 16.7 Å². The van der Waals surface area contributed by atoms with E-state index in [2.05, 4.69) is 0 Å². The van der Waals surface area contributed by atoms with E-state index < -0.39 is 10.0 Å². The molecule has 1 amide bonds. The van der Waals surface area contributed by atoms with Gasteiger partial charge in [0.2, 0.25) is 5.91 Å². The number of amides is 1. The Labute approximate surface area is 178 Å². The molecule has 0 aliphatic heterocycles. The fraction of sp³-hybridized carbons (Fsp3) is 0.208. The number of hydrogen-bond acceptors (Lipinski definition) is 3. The molecule has 6 heteroatoms. The van der Waals surface area contributed by atoms with Crippen LogP contribution in [0.1, 0.15) is 16.7 Å². The molecule has 0 heterocycles. The minimum atomic E-state index is -3.94. The number of likely N-dealkylation sites (N-methyl/N-ethyl adjacent to an activating group) is 1. The molecule has 0 bridgehead atoms. The van der Waals surface area contributed by atoms with Crippen molar-refractivity contribution < 1.29 is 13.2 Å². The zero-order valence-electron chi connectivity index (χ0n) is 17.7. The summed E-state index contributed by atoms with van der Waals surface area (Å²) in [5, 5.41) is 0. The zero-order valence-corrected chi connectivity index (χ0v) is 18.5. The molecule has 0 N–H and O–H groups in total. The van der Waals surface area contributed by atoms with Crippen molar-refractivity contribution >= 4 is 27.3 Å². The van der Waals surface area contributed by atoms with Crippen molar-refractivity contribution in [1.82, 2.24) is 0 Å². The minimum Gasteiger partial charge on any atom is -0.314 e. The van der Waals surface area contributed by atoms with E-state index in [0.29, 0.717) is 11.4 Å². The maximum atomic E-state index is 13.6. The predicted molar refractivity (Wildman–Crippen MR) is 121 cm³/mol. The molecule has 0 spiro atoms. The van der Waals surface area contributed by atoms with Gasteiger partial charge in [0.1, 0.15) is 6.54 Å². The number of carbonyl (C=O) groups excluding carboxylic acids is 1. The normalized spacial score (nSPS) is 11.2. The second-order valence-electron chi connectivity index (χ2n) is 7.40. The van der Waals surface area contributed by atoms with Gasteiger partial charge >= 0.3 is 0 Å². The van der Waals surface area contributed by atoms with Gasteiger partial charge in [0, 0.05) is 12.7 Å². The number of sulfonamides is 1. The number of benzene rings is 3. The van der Waals surface area contributed by atoms with Gasteiger partial charge in [-0.2, -0.15) is 0 Å². The van der Waals surface area contributed by atoms with Crippen LogP contribution in [0.2, 0.25) is 0 Å². The Hall–Kier alpha value is -3.12. The Morgan fingerprint density at radius 1 is 0.833 bits per heavy atom. The third-order valence-corrected chi connectivity index (χ3v) is 6.81. The third-order valence-electron chi connectivity index (χ3n) is 5.04. The number of carbonyl (C=O) groups is 1. The van der Waals surface area contributed by atoms with Gasteiger partial charge in [0.25, 0.3) is 10.0 Å². The molecule has 0 radical (unpaired) electrons. The summed E-state index contributed by atoms with van der Waals surface area (Å²) in [5.41, 5.74) is 3.88. The van der Waals surface area contributed by atoms with Gasteiger partial charge in [-0.1, -0.05) is 48.0 Å². The second kappa shape index (κ2) is 8.71. The van der Waals surface area contributed by atoms with Gasteiger partial charge in [0.05, 0.1) is 10.6 Å². The maximum absolute atomic E-state index is 13.6. The minimum absolute atomic E-state index is 0.157. The first-order chi connectivity index (χ1) is 14.2. The Bertz CT molecular complexity index is 1140. The van der Waals surface area contributed by atoms with Crippen LogP contribution >= 0.6 is 0 Å². The molecule has 0 saturated heterocycles. The van der Waals surface area contributed by atoms with E-state index in [1.807, 2.05) is 63.2 Å². The van der Waals surface area contributed by atoms with Crippen molar-refractivity contribution in [3.63, 3.8) is 0 Å². The fourth-order valence-electron chi connectivity index (χ4n) is 3.15. The summed E-state index contributed by atoms with van der Waals surface area (Å²) in [7, 11) is -2.28. The summed E-state index contributed by atoms with van der Waals surface area (Å²) in [6.07, 6.45) is 0. The van der Waals surface area contributed by atoms with E-state index in [9.17, 15) is 13.2 Å². The molecule has 0 unspecified atom stereocenters. The van der Waals surface area contributed by atoms with Crippen LogP contribution in [0.15, 0.2) is 77.7 Å². The van der Waals surface area contributed by atoms with Crippen LogP contribution in [0, 0.1) is 20.8 Å². The Kier molecular flexibility index (Phi) is 6.27. The van der Waals surface area contributed by atoms with Gasteiger partial charge in [-0.15, -0.1) is 0 Å². The van der Waals surface area contributed by atoms with Crippen LogP contribution in [0.3, 0.4) is 0 Å². The topological polar surface area (TPSA) is 57.7 Å². The Balaban J connectivity index is 2.05. The highest BCUT2D eigenvalue weighted by molar-refractivity contribution is 7.92. The number of anilines is 2. The number of nitrogens with zero attached hydrogens (tertiary/aromatic N) is 2. The van der Waals surface area contributed by atoms with Gasteiger partial charge in [-0.05, 0) is 62.2 Å². The van der Waals surface area contributed by atoms with E-state index in [1.54, 1.807) is 37.4 Å². The van der Waals surface area contributed by atoms with Crippen molar-refractivity contribution in [2.24, 2.45) is 0 Å². The van der Waals surface area contributed by atoms with E-state index in [-0.39, 0.29) is 17.3 Å². The summed E-state index contributed by atoms with van der Waals surface area (Å²) < 4.78 is 28.3. The van der Waals surface area contributed by atoms with Crippen LogP contribution in [-0.2, 0) is 14.8 Å². The highest BCUT2D eigenvalue weighted by atomic mass is 32.2. The molecule has 5 nitrogen and oxygen atoms in total. The maximum Gasteiger partial charge on any atom is 0.264 e. The van der Waals surface area contributed by atoms with E-state index in [1.165, 1.54) is 9.21 Å². The van der Waals surface area contributed by atoms with Gasteiger partial charge in [-0.3, -0.25) is 9.10 Å². The predicted octanol–water partition coefficient (Wildman–Crippen LogP) is 4.47. The number of hydrogen-bond donors (Lipinski definition) is 0. The molecule has 0 aliphatic rings. The quantitative estimate of drug-likeness (QED) is 0.589. The summed E-state index contributed by atoms with van der Waals surface area (Å²) in [6.45, 7) is 5.35. The van der Waals surface area contributed by atoms with Gasteiger partial charge < -0.3 is 4.90 Å². The molecule has 3 rings (SSSR count). The van der Waals surface area contributed by atoms with Gasteiger partial charge in [-0.25, -0.2) is 8.42 Å². The number of aryl methyl sites for hydroxylation is 3. The highest BCUT2D eigenvalue weighted by Gasteiger charge is 2.29. The molecule has 0 aromatic heterocycles. The van der Waals surface area contributed by atoms with Crippen molar-refractivity contribution in [2.75, 3.05) is 22.8 Å². The highest BCUT2D eigenvalue weighted by Crippen LogP contribution is 2.28. The molecular formula is C24H26N2O3S. The lowest BCUT2D eigenvalue weighted by molar-refractivity contribution is -0.116. The first-order valence-electron chi connectivity index (χ1n) is 9.68. The molecule has 0 saturated carbocycles. The summed E-state index contributed by atoms with van der Waals surface area (Å²) >= 11 is 0. The fourth-order valence-corrected chi connectivity index (χ4v) is 4.62. The summed E-state index contributed by atoms with van der Waals surface area (Å²) in [6, 6.07) is 21.4. The summed E-state index contributed by atoms with van der Waals surface area (Å²) in [5.74, 6) is -0.321. The average Bonchev–Trinajstić information content (AvgIpc) is 2.74. The molecule has 0 atom stereocenters. The molecule has 156 valence electrons.